The van der Waals surface area contributed by atoms with Crippen LogP contribution < -0.4 is 5.32 Å². The Morgan fingerprint density at radius 1 is 1.67 bits per heavy atom. The summed E-state index contributed by atoms with van der Waals surface area (Å²) in [4.78, 5) is 1.33. The molecule has 2 aliphatic rings. The van der Waals surface area contributed by atoms with Gasteiger partial charge < -0.3 is 5.32 Å². The molecule has 0 radical (unpaired) electrons. The van der Waals surface area contributed by atoms with Gasteiger partial charge in [0.2, 0.25) is 0 Å². The van der Waals surface area contributed by atoms with Crippen LogP contribution in [0.2, 0.25) is 0 Å². The lowest BCUT2D eigenvalue weighted by molar-refractivity contribution is 0.692. The summed E-state index contributed by atoms with van der Waals surface area (Å²) in [7, 11) is 0.874. The molecule has 0 aromatic heterocycles. The third-order valence-electron chi connectivity index (χ3n) is 1.48. The molecule has 1 N–H and O–H groups in total. The fourth-order valence-corrected chi connectivity index (χ4v) is 4.13. The van der Waals surface area contributed by atoms with Gasteiger partial charge in [0, 0.05) is 17.1 Å². The molecule has 0 aromatic rings. The van der Waals surface area contributed by atoms with Crippen molar-refractivity contribution in [3.05, 3.63) is 10.6 Å². The maximum absolute atomic E-state index is 10.8. The Hall–Kier alpha value is 0.0400. The number of hydrogen-bond donors (Lipinski definition) is 1. The van der Waals surface area contributed by atoms with E-state index in [4.69, 9.17) is 0 Å². The summed E-state index contributed by atoms with van der Waals surface area (Å²) in [6.45, 7) is 1.05. The topological polar surface area (TPSA) is 29.1 Å². The van der Waals surface area contributed by atoms with Gasteiger partial charge in [-0.05, 0) is 17.2 Å². The molecule has 0 bridgehead atoms. The first-order chi connectivity index (χ1) is 4.36. The Morgan fingerprint density at radius 3 is 3.33 bits per heavy atom. The molecule has 1 unspecified atom stereocenters. The highest BCUT2D eigenvalue weighted by Crippen LogP contribution is 2.36. The molecule has 0 amide bonds. The second kappa shape index (κ2) is 2.02. The third-order valence-corrected chi connectivity index (χ3v) is 4.36. The Morgan fingerprint density at radius 2 is 2.56 bits per heavy atom. The SMILES string of the molecule is O=S1CC2=C(CCN2)S1. The monoisotopic (exact) mass is 161 g/mol. The maximum Gasteiger partial charge on any atom is 0.0910 e. The highest BCUT2D eigenvalue weighted by molar-refractivity contribution is 8.71. The van der Waals surface area contributed by atoms with Crippen molar-refractivity contribution in [2.75, 3.05) is 12.3 Å². The number of rotatable bonds is 0. The van der Waals surface area contributed by atoms with Gasteiger partial charge in [0.15, 0.2) is 0 Å². The molecule has 1 atom stereocenters. The van der Waals surface area contributed by atoms with Gasteiger partial charge >= 0.3 is 0 Å². The average Bonchev–Trinajstić information content (AvgIpc) is 2.22. The summed E-state index contributed by atoms with van der Waals surface area (Å²) in [6, 6.07) is 0. The molecule has 0 aromatic carbocycles. The Labute approximate surface area is 59.9 Å². The zero-order chi connectivity index (χ0) is 6.27. The van der Waals surface area contributed by atoms with Crippen molar-refractivity contribution in [1.82, 2.24) is 5.32 Å². The lowest BCUT2D eigenvalue weighted by atomic mass is 10.4. The smallest absolute Gasteiger partial charge is 0.0910 e. The van der Waals surface area contributed by atoms with E-state index in [9.17, 15) is 4.21 Å². The molecule has 2 nitrogen and oxygen atoms in total. The van der Waals surface area contributed by atoms with Gasteiger partial charge in [-0.25, -0.2) is 4.21 Å². The van der Waals surface area contributed by atoms with Gasteiger partial charge in [0.1, 0.15) is 0 Å². The first-order valence-corrected chi connectivity index (χ1v) is 5.54. The van der Waals surface area contributed by atoms with E-state index in [0.717, 1.165) is 18.7 Å². The van der Waals surface area contributed by atoms with Crippen molar-refractivity contribution in [3.8, 4) is 0 Å². The summed E-state index contributed by atoms with van der Waals surface area (Å²) in [5.41, 5.74) is 1.23. The maximum atomic E-state index is 10.8. The van der Waals surface area contributed by atoms with E-state index >= 15 is 0 Å². The molecule has 0 fully saturated rings. The molecule has 4 heteroatoms. The van der Waals surface area contributed by atoms with Crippen molar-refractivity contribution in [3.63, 3.8) is 0 Å². The van der Waals surface area contributed by atoms with Gasteiger partial charge in [0.25, 0.3) is 0 Å². The summed E-state index contributed by atoms with van der Waals surface area (Å²) in [5.74, 6) is 0.750. The van der Waals surface area contributed by atoms with Crippen LogP contribution in [-0.2, 0) is 9.83 Å². The quantitative estimate of drug-likeness (QED) is 0.528. The highest BCUT2D eigenvalue weighted by Gasteiger charge is 2.24. The second-order valence-corrected chi connectivity index (χ2v) is 5.28. The molecule has 0 aliphatic carbocycles. The van der Waals surface area contributed by atoms with Crippen molar-refractivity contribution >= 4 is 20.6 Å². The Bertz CT molecular complexity index is 181. The van der Waals surface area contributed by atoms with Crippen LogP contribution in [-0.4, -0.2) is 16.5 Å². The molecule has 2 aliphatic heterocycles. The van der Waals surface area contributed by atoms with Gasteiger partial charge in [-0.1, -0.05) is 0 Å². The second-order valence-electron chi connectivity index (χ2n) is 2.11. The first kappa shape index (κ1) is 5.80. The van der Waals surface area contributed by atoms with Crippen LogP contribution in [0.3, 0.4) is 0 Å². The summed E-state index contributed by atoms with van der Waals surface area (Å²) >= 11 is 0. The van der Waals surface area contributed by atoms with Gasteiger partial charge in [0.05, 0.1) is 15.6 Å². The van der Waals surface area contributed by atoms with E-state index in [1.54, 1.807) is 0 Å². The van der Waals surface area contributed by atoms with Crippen molar-refractivity contribution in [2.45, 2.75) is 6.42 Å². The highest BCUT2D eigenvalue weighted by atomic mass is 33.1. The van der Waals surface area contributed by atoms with Crippen LogP contribution in [0, 0.1) is 0 Å². The van der Waals surface area contributed by atoms with Crippen molar-refractivity contribution < 1.29 is 4.21 Å². The summed E-state index contributed by atoms with van der Waals surface area (Å²) in [6.07, 6.45) is 1.09. The van der Waals surface area contributed by atoms with Crippen LogP contribution in [0.15, 0.2) is 10.6 Å². The number of hydrogen-bond acceptors (Lipinski definition) is 3. The average molecular weight is 161 g/mol. The Balaban J connectivity index is 2.23. The van der Waals surface area contributed by atoms with Gasteiger partial charge in [-0.2, -0.15) is 0 Å². The van der Waals surface area contributed by atoms with E-state index in [0.29, 0.717) is 0 Å². The van der Waals surface area contributed by atoms with Crippen LogP contribution in [0.1, 0.15) is 6.42 Å². The van der Waals surface area contributed by atoms with E-state index in [2.05, 4.69) is 5.32 Å². The van der Waals surface area contributed by atoms with E-state index < -0.39 is 9.83 Å². The predicted octanol–water partition coefficient (Wildman–Crippen LogP) is 0.602. The normalized spacial score (nSPS) is 32.7. The minimum atomic E-state index is -0.652. The van der Waals surface area contributed by atoms with Crippen LogP contribution >= 0.6 is 10.8 Å². The molecule has 9 heavy (non-hydrogen) atoms. The third kappa shape index (κ3) is 0.901. The molecular formula is C5H7NOS2. The molecule has 2 rings (SSSR count). The standard InChI is InChI=1S/C5H7NOS2/c7-9-3-4-5(8-9)1-2-6-4/h6H,1-3H2. The minimum absolute atomic E-state index is 0.652. The Kier molecular flexibility index (Phi) is 1.30. The molecule has 0 saturated carbocycles. The summed E-state index contributed by atoms with van der Waals surface area (Å²) in [5, 5.41) is 3.21. The van der Waals surface area contributed by atoms with Crippen LogP contribution in [0.25, 0.3) is 0 Å². The van der Waals surface area contributed by atoms with E-state index in [1.165, 1.54) is 21.4 Å². The van der Waals surface area contributed by atoms with Gasteiger partial charge in [-0.15, -0.1) is 0 Å². The van der Waals surface area contributed by atoms with E-state index in [-0.39, 0.29) is 0 Å². The van der Waals surface area contributed by atoms with Crippen LogP contribution in [0.5, 0.6) is 0 Å². The van der Waals surface area contributed by atoms with Crippen LogP contribution in [0.4, 0.5) is 0 Å². The molecule has 0 saturated heterocycles. The predicted molar refractivity (Wildman–Crippen MR) is 40.2 cm³/mol. The first-order valence-electron chi connectivity index (χ1n) is 2.89. The summed E-state index contributed by atoms with van der Waals surface area (Å²) < 4.78 is 10.8. The largest absolute Gasteiger partial charge is 0.387 e. The zero-order valence-corrected chi connectivity index (χ0v) is 6.48. The number of nitrogens with one attached hydrogen (secondary N) is 1. The van der Waals surface area contributed by atoms with E-state index in [1.807, 2.05) is 0 Å². The zero-order valence-electron chi connectivity index (χ0n) is 4.85. The lowest BCUT2D eigenvalue weighted by Crippen LogP contribution is -2.10. The molecule has 2 heterocycles. The molecule has 50 valence electrons. The van der Waals surface area contributed by atoms with Crippen molar-refractivity contribution in [1.29, 1.82) is 0 Å². The van der Waals surface area contributed by atoms with Gasteiger partial charge in [-0.3, -0.25) is 0 Å². The fourth-order valence-electron chi connectivity index (χ4n) is 1.06. The molecular weight excluding hydrogens is 154 g/mol. The minimum Gasteiger partial charge on any atom is -0.387 e. The van der Waals surface area contributed by atoms with Crippen molar-refractivity contribution in [2.24, 2.45) is 0 Å². The fraction of sp³-hybridized carbons (Fsp3) is 0.600. The lowest BCUT2D eigenvalue weighted by Gasteiger charge is -1.95. The molecule has 0 spiro atoms.